The third kappa shape index (κ3) is 4.61. The standard InChI is InChI=1S/C24H29N5O2/c1-17(2)23(30)25-19-9-10-21-20(15-19)26-22(27(21)3)16-28-11-13-29(14-12-28)24(31)18-7-5-4-6-8-18/h4-10,15,17H,11-14,16H2,1-3H3,(H,25,30). The number of carbonyl (C=O) groups is 2. The number of carbonyl (C=O) groups excluding carboxylic acids is 2. The number of piperazine rings is 1. The van der Waals surface area contributed by atoms with Crippen LogP contribution in [0.25, 0.3) is 11.0 Å². The van der Waals surface area contributed by atoms with E-state index in [0.717, 1.165) is 47.7 Å². The maximum absolute atomic E-state index is 12.6. The van der Waals surface area contributed by atoms with Crippen molar-refractivity contribution in [3.8, 4) is 0 Å². The highest BCUT2D eigenvalue weighted by atomic mass is 16.2. The number of nitrogens with one attached hydrogen (secondary N) is 1. The average Bonchev–Trinajstić information content (AvgIpc) is 3.09. The van der Waals surface area contributed by atoms with Crippen LogP contribution in [0, 0.1) is 5.92 Å². The summed E-state index contributed by atoms with van der Waals surface area (Å²) in [7, 11) is 2.02. The second-order valence-electron chi connectivity index (χ2n) is 8.37. The highest BCUT2D eigenvalue weighted by molar-refractivity contribution is 5.94. The molecule has 0 saturated carbocycles. The number of fused-ring (bicyclic) bond motifs is 1. The van der Waals surface area contributed by atoms with Crippen molar-refractivity contribution >= 4 is 28.5 Å². The van der Waals surface area contributed by atoms with Crippen LogP contribution in [0.5, 0.6) is 0 Å². The summed E-state index contributed by atoms with van der Waals surface area (Å²) in [5, 5.41) is 2.94. The van der Waals surface area contributed by atoms with Crippen LogP contribution in [-0.2, 0) is 18.4 Å². The molecule has 31 heavy (non-hydrogen) atoms. The van der Waals surface area contributed by atoms with Gasteiger partial charge in [-0.05, 0) is 30.3 Å². The van der Waals surface area contributed by atoms with Gasteiger partial charge in [-0.1, -0.05) is 32.0 Å². The number of nitrogens with zero attached hydrogens (tertiary/aromatic N) is 4. The molecule has 7 nitrogen and oxygen atoms in total. The van der Waals surface area contributed by atoms with Gasteiger partial charge in [-0.25, -0.2) is 4.98 Å². The van der Waals surface area contributed by atoms with Gasteiger partial charge in [-0.3, -0.25) is 14.5 Å². The summed E-state index contributed by atoms with van der Waals surface area (Å²) in [6, 6.07) is 15.3. The summed E-state index contributed by atoms with van der Waals surface area (Å²) in [6.07, 6.45) is 0. The Hall–Kier alpha value is -3.19. The van der Waals surface area contributed by atoms with Gasteiger partial charge in [0.25, 0.3) is 5.91 Å². The van der Waals surface area contributed by atoms with Crippen LogP contribution < -0.4 is 5.32 Å². The van der Waals surface area contributed by atoms with Crippen LogP contribution in [0.3, 0.4) is 0 Å². The molecule has 3 aromatic rings. The lowest BCUT2D eigenvalue weighted by molar-refractivity contribution is -0.118. The lowest BCUT2D eigenvalue weighted by atomic mass is 10.2. The number of aromatic nitrogens is 2. The summed E-state index contributed by atoms with van der Waals surface area (Å²) in [5.74, 6) is 1.00. The summed E-state index contributed by atoms with van der Waals surface area (Å²) >= 11 is 0. The van der Waals surface area contributed by atoms with Crippen LogP contribution in [-0.4, -0.2) is 57.3 Å². The second kappa shape index (κ2) is 8.89. The van der Waals surface area contributed by atoms with E-state index >= 15 is 0 Å². The van der Waals surface area contributed by atoms with Gasteiger partial charge >= 0.3 is 0 Å². The average molecular weight is 420 g/mol. The number of aryl methyl sites for hydroxylation is 1. The van der Waals surface area contributed by atoms with Crippen molar-refractivity contribution in [3.63, 3.8) is 0 Å². The van der Waals surface area contributed by atoms with Gasteiger partial charge in [0.1, 0.15) is 5.82 Å². The molecule has 4 rings (SSSR count). The van der Waals surface area contributed by atoms with Crippen molar-refractivity contribution in [3.05, 3.63) is 59.9 Å². The molecule has 0 unspecified atom stereocenters. The molecule has 1 aliphatic heterocycles. The molecule has 1 aromatic heterocycles. The van der Waals surface area contributed by atoms with Crippen molar-refractivity contribution in [1.29, 1.82) is 0 Å². The van der Waals surface area contributed by atoms with Gasteiger partial charge in [0.2, 0.25) is 5.91 Å². The van der Waals surface area contributed by atoms with Crippen molar-refractivity contribution in [2.75, 3.05) is 31.5 Å². The van der Waals surface area contributed by atoms with Gasteiger partial charge in [-0.2, -0.15) is 0 Å². The first-order chi connectivity index (χ1) is 14.9. The van der Waals surface area contributed by atoms with Gasteiger partial charge < -0.3 is 14.8 Å². The zero-order chi connectivity index (χ0) is 22.0. The van der Waals surface area contributed by atoms with Crippen LogP contribution in [0.1, 0.15) is 30.0 Å². The van der Waals surface area contributed by atoms with Crippen molar-refractivity contribution < 1.29 is 9.59 Å². The molecule has 0 spiro atoms. The smallest absolute Gasteiger partial charge is 0.253 e. The zero-order valence-corrected chi connectivity index (χ0v) is 18.3. The number of hydrogen-bond donors (Lipinski definition) is 1. The molecule has 0 radical (unpaired) electrons. The highest BCUT2D eigenvalue weighted by Gasteiger charge is 2.23. The Kier molecular flexibility index (Phi) is 6.04. The van der Waals surface area contributed by atoms with E-state index in [2.05, 4.69) is 14.8 Å². The summed E-state index contributed by atoms with van der Waals surface area (Å²) in [5.41, 5.74) is 3.42. The molecule has 1 fully saturated rings. The Morgan fingerprint density at radius 3 is 2.42 bits per heavy atom. The van der Waals surface area contributed by atoms with E-state index in [9.17, 15) is 9.59 Å². The molecule has 0 aliphatic carbocycles. The molecular formula is C24H29N5O2. The first kappa shape index (κ1) is 21.1. The molecule has 7 heteroatoms. The summed E-state index contributed by atoms with van der Waals surface area (Å²) in [4.78, 5) is 33.7. The summed E-state index contributed by atoms with van der Waals surface area (Å²) in [6.45, 7) is 7.53. The third-order valence-corrected chi connectivity index (χ3v) is 5.81. The molecular weight excluding hydrogens is 390 g/mol. The predicted octanol–water partition coefficient (Wildman–Crippen LogP) is 3.13. The topological polar surface area (TPSA) is 70.5 Å². The van der Waals surface area contributed by atoms with Crippen LogP contribution >= 0.6 is 0 Å². The van der Waals surface area contributed by atoms with Crippen molar-refractivity contribution in [2.45, 2.75) is 20.4 Å². The van der Waals surface area contributed by atoms with Crippen molar-refractivity contribution in [1.82, 2.24) is 19.4 Å². The van der Waals surface area contributed by atoms with E-state index in [1.54, 1.807) is 0 Å². The van der Waals surface area contributed by atoms with Crippen LogP contribution in [0.2, 0.25) is 0 Å². The molecule has 2 amide bonds. The van der Waals surface area contributed by atoms with E-state index in [1.165, 1.54) is 0 Å². The second-order valence-corrected chi connectivity index (χ2v) is 8.37. The fraction of sp³-hybridized carbons (Fsp3) is 0.375. The minimum Gasteiger partial charge on any atom is -0.336 e. The molecule has 2 aromatic carbocycles. The largest absolute Gasteiger partial charge is 0.336 e. The lowest BCUT2D eigenvalue weighted by Gasteiger charge is -2.34. The number of benzene rings is 2. The minimum absolute atomic E-state index is 0.00146. The zero-order valence-electron chi connectivity index (χ0n) is 18.3. The van der Waals surface area contributed by atoms with Crippen LogP contribution in [0.4, 0.5) is 5.69 Å². The van der Waals surface area contributed by atoms with E-state index in [4.69, 9.17) is 4.98 Å². The van der Waals surface area contributed by atoms with E-state index in [-0.39, 0.29) is 17.7 Å². The maximum Gasteiger partial charge on any atom is 0.253 e. The maximum atomic E-state index is 12.6. The van der Waals surface area contributed by atoms with Crippen LogP contribution in [0.15, 0.2) is 48.5 Å². The molecule has 1 aliphatic rings. The van der Waals surface area contributed by atoms with Gasteiger partial charge in [0, 0.05) is 50.4 Å². The normalized spacial score (nSPS) is 14.9. The van der Waals surface area contributed by atoms with E-state index in [1.807, 2.05) is 74.3 Å². The quantitative estimate of drug-likeness (QED) is 0.690. The number of hydrogen-bond acceptors (Lipinski definition) is 4. The molecule has 1 saturated heterocycles. The van der Waals surface area contributed by atoms with E-state index in [0.29, 0.717) is 13.1 Å². The minimum atomic E-state index is -0.0672. The molecule has 162 valence electrons. The first-order valence-corrected chi connectivity index (χ1v) is 10.8. The van der Waals surface area contributed by atoms with E-state index < -0.39 is 0 Å². The molecule has 0 atom stereocenters. The lowest BCUT2D eigenvalue weighted by Crippen LogP contribution is -2.48. The van der Waals surface area contributed by atoms with Gasteiger partial charge in [0.05, 0.1) is 17.6 Å². The molecule has 0 bridgehead atoms. The Morgan fingerprint density at radius 1 is 1.03 bits per heavy atom. The summed E-state index contributed by atoms with van der Waals surface area (Å²) < 4.78 is 2.10. The van der Waals surface area contributed by atoms with Gasteiger partial charge in [-0.15, -0.1) is 0 Å². The number of rotatable bonds is 5. The Bertz CT molecular complexity index is 1080. The highest BCUT2D eigenvalue weighted by Crippen LogP contribution is 2.21. The Morgan fingerprint density at radius 2 is 1.74 bits per heavy atom. The Balaban J connectivity index is 1.40. The SMILES string of the molecule is CC(C)C(=O)Nc1ccc2c(c1)nc(CN1CCN(C(=O)c3ccccc3)CC1)n2C. The number of amides is 2. The van der Waals surface area contributed by atoms with Gasteiger partial charge in [0.15, 0.2) is 0 Å². The number of imidazole rings is 1. The fourth-order valence-corrected chi connectivity index (χ4v) is 3.83. The third-order valence-electron chi connectivity index (χ3n) is 5.81. The predicted molar refractivity (Wildman–Crippen MR) is 122 cm³/mol. The number of anilines is 1. The molecule has 1 N–H and O–H groups in total. The van der Waals surface area contributed by atoms with Crippen molar-refractivity contribution in [2.24, 2.45) is 13.0 Å². The fourth-order valence-electron chi connectivity index (χ4n) is 3.83. The monoisotopic (exact) mass is 419 g/mol. The Labute approximate surface area is 182 Å². The molecule has 2 heterocycles. The first-order valence-electron chi connectivity index (χ1n) is 10.8.